The molecular formula is C11H18N4O2S. The van der Waals surface area contributed by atoms with Crippen molar-refractivity contribution in [3.05, 3.63) is 5.01 Å². The lowest BCUT2D eigenvalue weighted by Crippen LogP contribution is -2.29. The Hall–Kier alpha value is -1.21. The van der Waals surface area contributed by atoms with Crippen LogP contribution in [-0.2, 0) is 4.74 Å². The summed E-state index contributed by atoms with van der Waals surface area (Å²) in [6.07, 6.45) is 0.998. The summed E-state index contributed by atoms with van der Waals surface area (Å²) in [7, 11) is 1.69. The van der Waals surface area contributed by atoms with E-state index < -0.39 is 0 Å². The third-order valence-corrected chi connectivity index (χ3v) is 3.78. The average molecular weight is 270 g/mol. The van der Waals surface area contributed by atoms with Crippen molar-refractivity contribution in [3.8, 4) is 0 Å². The molecule has 1 atom stereocenters. The molecule has 18 heavy (non-hydrogen) atoms. The molecule has 1 aliphatic heterocycles. The Labute approximate surface area is 110 Å². The summed E-state index contributed by atoms with van der Waals surface area (Å²) in [5.74, 6) is 0.426. The molecule has 0 aliphatic carbocycles. The summed E-state index contributed by atoms with van der Waals surface area (Å²) in [6, 6.07) is 0. The molecule has 0 bridgehead atoms. The minimum absolute atomic E-state index is 0.0183. The maximum absolute atomic E-state index is 12.2. The predicted molar refractivity (Wildman–Crippen MR) is 70.0 cm³/mol. The highest BCUT2D eigenvalue weighted by Crippen LogP contribution is 2.22. The molecule has 0 saturated carbocycles. The number of aromatic nitrogens is 2. The Morgan fingerprint density at radius 2 is 2.44 bits per heavy atom. The van der Waals surface area contributed by atoms with Crippen LogP contribution < -0.4 is 5.32 Å². The topological polar surface area (TPSA) is 67.4 Å². The van der Waals surface area contributed by atoms with E-state index >= 15 is 0 Å². The number of methoxy groups -OCH3 is 1. The first-order valence-corrected chi connectivity index (χ1v) is 6.91. The van der Waals surface area contributed by atoms with Crippen molar-refractivity contribution in [1.82, 2.24) is 15.1 Å². The van der Waals surface area contributed by atoms with Crippen molar-refractivity contribution in [2.24, 2.45) is 5.92 Å². The first-order chi connectivity index (χ1) is 8.74. The van der Waals surface area contributed by atoms with Gasteiger partial charge in [-0.05, 0) is 13.3 Å². The second-order valence-corrected chi connectivity index (χ2v) is 5.28. The summed E-state index contributed by atoms with van der Waals surface area (Å²) in [4.78, 5) is 14.0. The number of nitrogens with zero attached hydrogens (tertiary/aromatic N) is 3. The number of carbonyl (C=O) groups excluding carboxylic acids is 1. The number of rotatable bonds is 5. The van der Waals surface area contributed by atoms with Crippen molar-refractivity contribution in [3.63, 3.8) is 0 Å². The van der Waals surface area contributed by atoms with Crippen LogP contribution in [0.1, 0.15) is 23.1 Å². The van der Waals surface area contributed by atoms with Gasteiger partial charge in [-0.2, -0.15) is 0 Å². The van der Waals surface area contributed by atoms with Crippen LogP contribution in [0, 0.1) is 5.92 Å². The second-order valence-electron chi connectivity index (χ2n) is 4.30. The minimum atomic E-state index is -0.0183. The maximum Gasteiger partial charge on any atom is 0.284 e. The minimum Gasteiger partial charge on any atom is -0.384 e. The molecule has 0 aromatic carbocycles. The number of anilines is 1. The highest BCUT2D eigenvalue weighted by molar-refractivity contribution is 7.17. The smallest absolute Gasteiger partial charge is 0.284 e. The molecule has 100 valence electrons. The number of carbonyl (C=O) groups is 1. The van der Waals surface area contributed by atoms with Gasteiger partial charge < -0.3 is 15.0 Å². The van der Waals surface area contributed by atoms with Gasteiger partial charge in [0.2, 0.25) is 10.1 Å². The molecular weight excluding hydrogens is 252 g/mol. The molecule has 6 nitrogen and oxygen atoms in total. The first kappa shape index (κ1) is 13.2. The molecule has 2 heterocycles. The van der Waals surface area contributed by atoms with E-state index in [1.165, 1.54) is 11.3 Å². The van der Waals surface area contributed by atoms with Gasteiger partial charge in [-0.15, -0.1) is 10.2 Å². The number of nitrogens with one attached hydrogen (secondary N) is 1. The van der Waals surface area contributed by atoms with Crippen molar-refractivity contribution < 1.29 is 9.53 Å². The molecule has 1 amide bonds. The highest BCUT2D eigenvalue weighted by atomic mass is 32.1. The molecule has 1 aromatic rings. The molecule has 1 saturated heterocycles. The van der Waals surface area contributed by atoms with E-state index in [2.05, 4.69) is 15.5 Å². The van der Waals surface area contributed by atoms with Crippen LogP contribution in [0.25, 0.3) is 0 Å². The van der Waals surface area contributed by atoms with Crippen LogP contribution in [0.3, 0.4) is 0 Å². The first-order valence-electron chi connectivity index (χ1n) is 6.10. The molecule has 1 fully saturated rings. The van der Waals surface area contributed by atoms with Gasteiger partial charge >= 0.3 is 0 Å². The number of hydrogen-bond donors (Lipinski definition) is 1. The van der Waals surface area contributed by atoms with Gasteiger partial charge in [-0.25, -0.2) is 0 Å². The third kappa shape index (κ3) is 2.97. The second kappa shape index (κ2) is 6.10. The highest BCUT2D eigenvalue weighted by Gasteiger charge is 2.28. The Balaban J connectivity index is 1.94. The fraction of sp³-hybridized carbons (Fsp3) is 0.727. The Morgan fingerprint density at radius 1 is 1.61 bits per heavy atom. The third-order valence-electron chi connectivity index (χ3n) is 2.91. The molecule has 1 unspecified atom stereocenters. The van der Waals surface area contributed by atoms with E-state index in [9.17, 15) is 4.79 Å². The molecule has 1 aromatic heterocycles. The van der Waals surface area contributed by atoms with Gasteiger partial charge in [0.1, 0.15) is 0 Å². The molecule has 2 rings (SSSR count). The lowest BCUT2D eigenvalue weighted by Gasteiger charge is -2.14. The summed E-state index contributed by atoms with van der Waals surface area (Å²) in [5, 5.41) is 12.1. The van der Waals surface area contributed by atoms with Crippen LogP contribution in [0.15, 0.2) is 0 Å². The largest absolute Gasteiger partial charge is 0.384 e. The van der Waals surface area contributed by atoms with E-state index in [1.54, 1.807) is 7.11 Å². The fourth-order valence-electron chi connectivity index (χ4n) is 2.06. The molecule has 7 heteroatoms. The van der Waals surface area contributed by atoms with E-state index in [0.717, 1.165) is 26.1 Å². The van der Waals surface area contributed by atoms with Crippen LogP contribution >= 0.6 is 11.3 Å². The zero-order valence-electron chi connectivity index (χ0n) is 10.7. The Kier molecular flexibility index (Phi) is 4.48. The van der Waals surface area contributed by atoms with Crippen molar-refractivity contribution in [1.29, 1.82) is 0 Å². The molecule has 0 spiro atoms. The summed E-state index contributed by atoms with van der Waals surface area (Å²) in [5.41, 5.74) is 0. The zero-order chi connectivity index (χ0) is 13.0. The Bertz CT molecular complexity index is 410. The van der Waals surface area contributed by atoms with Gasteiger partial charge in [-0.1, -0.05) is 11.3 Å². The monoisotopic (exact) mass is 270 g/mol. The van der Waals surface area contributed by atoms with E-state index in [-0.39, 0.29) is 5.91 Å². The molecule has 1 aliphatic rings. The van der Waals surface area contributed by atoms with Crippen molar-refractivity contribution >= 4 is 22.4 Å². The summed E-state index contributed by atoms with van der Waals surface area (Å²) < 4.78 is 5.12. The van der Waals surface area contributed by atoms with Gasteiger partial charge in [0, 0.05) is 32.7 Å². The van der Waals surface area contributed by atoms with Crippen LogP contribution in [0.4, 0.5) is 5.13 Å². The van der Waals surface area contributed by atoms with Crippen LogP contribution in [0.2, 0.25) is 0 Å². The van der Waals surface area contributed by atoms with Gasteiger partial charge in [-0.3, -0.25) is 4.79 Å². The Morgan fingerprint density at radius 3 is 3.17 bits per heavy atom. The van der Waals surface area contributed by atoms with Gasteiger partial charge in [0.15, 0.2) is 0 Å². The SMILES string of the molecule is CCNc1nnc(C(=O)N2CCC(COC)C2)s1. The zero-order valence-corrected chi connectivity index (χ0v) is 11.5. The molecule has 1 N–H and O–H groups in total. The predicted octanol–water partition coefficient (Wildman–Crippen LogP) is 1.08. The maximum atomic E-state index is 12.2. The molecule has 0 radical (unpaired) electrons. The van der Waals surface area contributed by atoms with E-state index in [1.807, 2.05) is 11.8 Å². The van der Waals surface area contributed by atoms with Crippen molar-refractivity contribution in [2.75, 3.05) is 38.7 Å². The number of amides is 1. The lowest BCUT2D eigenvalue weighted by atomic mass is 10.1. The van der Waals surface area contributed by atoms with Gasteiger partial charge in [0.05, 0.1) is 6.61 Å². The number of hydrogen-bond acceptors (Lipinski definition) is 6. The lowest BCUT2D eigenvalue weighted by molar-refractivity contribution is 0.0774. The van der Waals surface area contributed by atoms with Crippen LogP contribution in [0.5, 0.6) is 0 Å². The standard InChI is InChI=1S/C11H18N4O2S/c1-3-12-11-14-13-9(18-11)10(16)15-5-4-8(6-15)7-17-2/h8H,3-7H2,1-2H3,(H,12,14). The number of likely N-dealkylation sites (tertiary alicyclic amines) is 1. The quantitative estimate of drug-likeness (QED) is 0.867. The fourth-order valence-corrected chi connectivity index (χ4v) is 2.84. The summed E-state index contributed by atoms with van der Waals surface area (Å²) in [6.45, 7) is 5.01. The van der Waals surface area contributed by atoms with E-state index in [4.69, 9.17) is 4.74 Å². The normalized spacial score (nSPS) is 19.2. The number of ether oxygens (including phenoxy) is 1. The van der Waals surface area contributed by atoms with Crippen molar-refractivity contribution in [2.45, 2.75) is 13.3 Å². The van der Waals surface area contributed by atoms with E-state index in [0.29, 0.717) is 22.7 Å². The average Bonchev–Trinajstić information content (AvgIpc) is 2.98. The summed E-state index contributed by atoms with van der Waals surface area (Å²) >= 11 is 1.31. The van der Waals surface area contributed by atoms with Crippen LogP contribution in [-0.4, -0.2) is 54.4 Å². The van der Waals surface area contributed by atoms with Gasteiger partial charge in [0.25, 0.3) is 5.91 Å².